The molecule has 3 unspecified atom stereocenters. The van der Waals surface area contributed by atoms with Gasteiger partial charge in [-0.05, 0) is 82.5 Å². The fraction of sp³-hybridized carbons (Fsp3) is 0.395. The maximum atomic E-state index is 12.5. The summed E-state index contributed by atoms with van der Waals surface area (Å²) in [6, 6.07) is 28.5. The van der Waals surface area contributed by atoms with E-state index in [0.717, 1.165) is 77.4 Å². The number of rotatable bonds is 16. The van der Waals surface area contributed by atoms with Gasteiger partial charge in [-0.25, -0.2) is 5.48 Å². The third kappa shape index (κ3) is 10.2. The SMILES string of the molecule is COc1cc2c(cc1OC)CN(CC1CC(c3ccc(CO)cc3)OC(c3cccc(-c4cccc(CNC(=O)CCCCCC(=O)NO)c4)c3)O1)CC2. The minimum atomic E-state index is -0.590. The van der Waals surface area contributed by atoms with Crippen molar-refractivity contribution in [2.24, 2.45) is 0 Å². The summed E-state index contributed by atoms with van der Waals surface area (Å²) in [6.07, 6.45) is 3.38. The molecule has 0 spiro atoms. The van der Waals surface area contributed by atoms with Crippen molar-refractivity contribution < 1.29 is 38.9 Å². The van der Waals surface area contributed by atoms with Gasteiger partial charge in [0.1, 0.15) is 0 Å². The van der Waals surface area contributed by atoms with Crippen LogP contribution in [0.2, 0.25) is 0 Å². The van der Waals surface area contributed by atoms with Gasteiger partial charge in [0.2, 0.25) is 11.8 Å². The molecule has 286 valence electrons. The predicted octanol–water partition coefficient (Wildman–Crippen LogP) is 6.54. The zero-order valence-electron chi connectivity index (χ0n) is 31.1. The van der Waals surface area contributed by atoms with Crippen molar-refractivity contribution in [1.82, 2.24) is 15.7 Å². The van der Waals surface area contributed by atoms with Gasteiger partial charge in [0.25, 0.3) is 0 Å². The molecular weight excluding hydrogens is 686 g/mol. The summed E-state index contributed by atoms with van der Waals surface area (Å²) < 4.78 is 24.6. The average Bonchev–Trinajstić information content (AvgIpc) is 3.22. The van der Waals surface area contributed by atoms with E-state index in [1.165, 1.54) is 11.1 Å². The molecule has 6 rings (SSSR count). The van der Waals surface area contributed by atoms with E-state index in [2.05, 4.69) is 46.6 Å². The Kier molecular flexibility index (Phi) is 13.7. The number of hydrogen-bond acceptors (Lipinski definition) is 9. The first kappa shape index (κ1) is 38.9. The molecule has 3 atom stereocenters. The lowest BCUT2D eigenvalue weighted by atomic mass is 9.96. The summed E-state index contributed by atoms with van der Waals surface area (Å²) in [5.41, 5.74) is 9.99. The summed E-state index contributed by atoms with van der Waals surface area (Å²) in [5.74, 6) is 1.04. The maximum Gasteiger partial charge on any atom is 0.243 e. The third-order valence-corrected chi connectivity index (χ3v) is 10.2. The third-order valence-electron chi connectivity index (χ3n) is 10.2. The number of carbonyl (C=O) groups is 2. The van der Waals surface area contributed by atoms with Crippen LogP contribution in [0.25, 0.3) is 11.1 Å². The van der Waals surface area contributed by atoms with Gasteiger partial charge < -0.3 is 29.4 Å². The van der Waals surface area contributed by atoms with Crippen molar-refractivity contribution in [3.8, 4) is 22.6 Å². The molecule has 2 amide bonds. The molecule has 2 aliphatic rings. The first-order chi connectivity index (χ1) is 26.3. The van der Waals surface area contributed by atoms with Crippen LogP contribution in [-0.4, -0.2) is 60.4 Å². The van der Waals surface area contributed by atoms with E-state index in [9.17, 15) is 14.7 Å². The molecule has 54 heavy (non-hydrogen) atoms. The monoisotopic (exact) mass is 737 g/mol. The number of methoxy groups -OCH3 is 2. The predicted molar refractivity (Wildman–Crippen MR) is 204 cm³/mol. The van der Waals surface area contributed by atoms with Crippen LogP contribution in [0.4, 0.5) is 0 Å². The topological polar surface area (TPSA) is 139 Å². The molecule has 0 aliphatic carbocycles. The van der Waals surface area contributed by atoms with Crippen molar-refractivity contribution in [3.63, 3.8) is 0 Å². The van der Waals surface area contributed by atoms with Crippen LogP contribution in [0, 0.1) is 0 Å². The zero-order chi connectivity index (χ0) is 37.9. The number of hydroxylamine groups is 1. The maximum absolute atomic E-state index is 12.5. The summed E-state index contributed by atoms with van der Waals surface area (Å²) in [4.78, 5) is 26.1. The fourth-order valence-corrected chi connectivity index (χ4v) is 7.24. The number of ether oxygens (including phenoxy) is 4. The Morgan fingerprint density at radius 3 is 2.22 bits per heavy atom. The molecule has 1 fully saturated rings. The second-order valence-corrected chi connectivity index (χ2v) is 14.0. The summed E-state index contributed by atoms with van der Waals surface area (Å²) in [5, 5.41) is 21.2. The Labute approximate surface area is 317 Å². The van der Waals surface area contributed by atoms with E-state index in [1.807, 2.05) is 48.5 Å². The minimum Gasteiger partial charge on any atom is -0.493 e. The number of benzene rings is 4. The van der Waals surface area contributed by atoms with Gasteiger partial charge >= 0.3 is 0 Å². The summed E-state index contributed by atoms with van der Waals surface area (Å²) in [6.45, 7) is 2.83. The number of carbonyl (C=O) groups excluding carboxylic acids is 2. The molecule has 2 aliphatic heterocycles. The Hall–Kier alpha value is -4.78. The first-order valence-electron chi connectivity index (χ1n) is 18.7. The van der Waals surface area contributed by atoms with Crippen molar-refractivity contribution in [2.75, 3.05) is 27.3 Å². The van der Waals surface area contributed by atoms with Crippen LogP contribution in [0.15, 0.2) is 84.9 Å². The van der Waals surface area contributed by atoms with Gasteiger partial charge in [0.05, 0.1) is 33.0 Å². The molecule has 4 aromatic rings. The van der Waals surface area contributed by atoms with Crippen LogP contribution >= 0.6 is 0 Å². The highest BCUT2D eigenvalue weighted by Crippen LogP contribution is 2.40. The zero-order valence-corrected chi connectivity index (χ0v) is 31.1. The molecule has 4 aromatic carbocycles. The Bertz CT molecular complexity index is 1870. The summed E-state index contributed by atoms with van der Waals surface area (Å²) >= 11 is 0. The van der Waals surface area contributed by atoms with Crippen LogP contribution in [-0.2, 0) is 45.2 Å². The Morgan fingerprint density at radius 1 is 0.796 bits per heavy atom. The smallest absolute Gasteiger partial charge is 0.243 e. The number of hydrogen-bond donors (Lipinski definition) is 4. The summed E-state index contributed by atoms with van der Waals surface area (Å²) in [7, 11) is 3.33. The van der Waals surface area contributed by atoms with Crippen LogP contribution in [0.5, 0.6) is 11.5 Å². The second-order valence-electron chi connectivity index (χ2n) is 14.0. The average molecular weight is 738 g/mol. The van der Waals surface area contributed by atoms with Crippen LogP contribution in [0.3, 0.4) is 0 Å². The number of nitrogens with one attached hydrogen (secondary N) is 2. The number of fused-ring (bicyclic) bond motifs is 1. The molecule has 11 heteroatoms. The van der Waals surface area contributed by atoms with Gasteiger partial charge in [-0.15, -0.1) is 0 Å². The molecule has 11 nitrogen and oxygen atoms in total. The lowest BCUT2D eigenvalue weighted by Crippen LogP contribution is -2.41. The molecule has 1 saturated heterocycles. The molecule has 4 N–H and O–H groups in total. The van der Waals surface area contributed by atoms with Gasteiger partial charge in [-0.3, -0.25) is 19.7 Å². The van der Waals surface area contributed by atoms with E-state index >= 15 is 0 Å². The molecular formula is C43H51N3O8. The van der Waals surface area contributed by atoms with E-state index in [1.54, 1.807) is 19.7 Å². The van der Waals surface area contributed by atoms with Crippen molar-refractivity contribution >= 4 is 11.8 Å². The fourth-order valence-electron chi connectivity index (χ4n) is 7.24. The number of amides is 2. The van der Waals surface area contributed by atoms with E-state index in [0.29, 0.717) is 32.2 Å². The Morgan fingerprint density at radius 2 is 1.50 bits per heavy atom. The highest BCUT2D eigenvalue weighted by molar-refractivity contribution is 5.76. The highest BCUT2D eigenvalue weighted by Gasteiger charge is 2.34. The normalized spacial score (nSPS) is 18.4. The van der Waals surface area contributed by atoms with Crippen molar-refractivity contribution in [3.05, 3.63) is 118 Å². The van der Waals surface area contributed by atoms with Gasteiger partial charge in [-0.1, -0.05) is 67.1 Å². The van der Waals surface area contributed by atoms with E-state index < -0.39 is 12.2 Å². The lowest BCUT2D eigenvalue weighted by Gasteiger charge is -2.39. The lowest BCUT2D eigenvalue weighted by molar-refractivity contribution is -0.253. The standard InChI is InChI=1S/C43H51N3O8/c1-51-39-22-34-18-19-46(26-36(34)23-40(39)52-2)27-37-24-38(31-16-14-29(28-47)15-17-31)54-43(53-37)35-11-7-10-33(21-35)32-9-6-8-30(20-32)25-44-41(48)12-4-3-5-13-42(49)45-50/h6-11,14-17,20-23,37-38,43,47,50H,3-5,12-13,18-19,24-28H2,1-2H3,(H,44,48)(H,45,49). The van der Waals surface area contributed by atoms with Gasteiger partial charge in [0.15, 0.2) is 17.8 Å². The molecule has 2 heterocycles. The molecule has 0 aromatic heterocycles. The number of aliphatic hydroxyl groups is 1. The van der Waals surface area contributed by atoms with E-state index in [-0.39, 0.29) is 31.1 Å². The molecule has 0 radical (unpaired) electrons. The van der Waals surface area contributed by atoms with Crippen LogP contribution < -0.4 is 20.3 Å². The molecule has 0 bridgehead atoms. The Balaban J connectivity index is 1.13. The number of aliphatic hydroxyl groups excluding tert-OH is 1. The second kappa shape index (κ2) is 19.0. The van der Waals surface area contributed by atoms with Crippen molar-refractivity contribution in [1.29, 1.82) is 0 Å². The van der Waals surface area contributed by atoms with Crippen LogP contribution in [0.1, 0.15) is 84.3 Å². The highest BCUT2D eigenvalue weighted by atomic mass is 16.7. The molecule has 0 saturated carbocycles. The largest absolute Gasteiger partial charge is 0.493 e. The quantitative estimate of drug-likeness (QED) is 0.0574. The first-order valence-corrected chi connectivity index (χ1v) is 18.7. The number of unbranched alkanes of at least 4 members (excludes halogenated alkanes) is 2. The number of nitrogens with zero attached hydrogens (tertiary/aromatic N) is 1. The van der Waals surface area contributed by atoms with Crippen molar-refractivity contribution in [2.45, 2.75) is 83.1 Å². The van der Waals surface area contributed by atoms with E-state index in [4.69, 9.17) is 24.2 Å². The van der Waals surface area contributed by atoms with Gasteiger partial charge in [0, 0.05) is 51.0 Å². The minimum absolute atomic E-state index is 0.0112. The van der Waals surface area contributed by atoms with Gasteiger partial charge in [-0.2, -0.15) is 0 Å².